The van der Waals surface area contributed by atoms with E-state index in [1.165, 1.54) is 14.2 Å². The number of Topliss-reactive ketones (excluding diaryl/α,β-unsaturated/α-hetero) is 1. The number of hydrogen-bond acceptors (Lipinski definition) is 7. The summed E-state index contributed by atoms with van der Waals surface area (Å²) < 4.78 is 26.4. The van der Waals surface area contributed by atoms with Crippen LogP contribution in [-0.4, -0.2) is 39.2 Å². The average molecular weight is 384 g/mol. The Labute approximate surface area is 162 Å². The van der Waals surface area contributed by atoms with Crippen molar-refractivity contribution in [1.82, 2.24) is 0 Å². The Morgan fingerprint density at radius 1 is 1.04 bits per heavy atom. The maximum absolute atomic E-state index is 12.6. The van der Waals surface area contributed by atoms with Gasteiger partial charge in [0.2, 0.25) is 5.78 Å². The summed E-state index contributed by atoms with van der Waals surface area (Å²) in [6.45, 7) is 1.58. The lowest BCUT2D eigenvalue weighted by molar-refractivity contribution is -0.147. The van der Waals surface area contributed by atoms with Gasteiger partial charge in [0.15, 0.2) is 11.9 Å². The monoisotopic (exact) mass is 384 g/mol. The van der Waals surface area contributed by atoms with E-state index in [0.717, 1.165) is 0 Å². The zero-order valence-electron chi connectivity index (χ0n) is 16.0. The van der Waals surface area contributed by atoms with Crippen molar-refractivity contribution in [2.75, 3.05) is 21.3 Å². The third-order valence-electron chi connectivity index (χ3n) is 4.21. The summed E-state index contributed by atoms with van der Waals surface area (Å²) in [5, 5.41) is 0. The molecule has 0 radical (unpaired) electrons. The predicted octanol–water partition coefficient (Wildman–Crippen LogP) is 3.26. The largest absolute Gasteiger partial charge is 0.497 e. The molecule has 7 nitrogen and oxygen atoms in total. The molecule has 0 aromatic heterocycles. The molecule has 28 heavy (non-hydrogen) atoms. The maximum atomic E-state index is 12.6. The molecular formula is C21H20O7. The van der Waals surface area contributed by atoms with E-state index >= 15 is 0 Å². The molecule has 0 N–H and O–H groups in total. The summed E-state index contributed by atoms with van der Waals surface area (Å²) in [7, 11) is 4.39. The van der Waals surface area contributed by atoms with Crippen molar-refractivity contribution in [3.05, 3.63) is 53.3 Å². The number of carbonyl (C=O) groups excluding carboxylic acids is 2. The van der Waals surface area contributed by atoms with Gasteiger partial charge in [0, 0.05) is 17.7 Å². The summed E-state index contributed by atoms with van der Waals surface area (Å²) >= 11 is 0. The Balaban J connectivity index is 1.85. The molecule has 2 aromatic carbocycles. The number of ether oxygens (including phenoxy) is 5. The second-order valence-electron chi connectivity index (χ2n) is 5.99. The number of rotatable bonds is 6. The lowest BCUT2D eigenvalue weighted by Gasteiger charge is -2.12. The van der Waals surface area contributed by atoms with Crippen LogP contribution < -0.4 is 18.9 Å². The highest BCUT2D eigenvalue weighted by atomic mass is 16.6. The van der Waals surface area contributed by atoms with Crippen molar-refractivity contribution in [3.63, 3.8) is 0 Å². The Bertz CT molecular complexity index is 946. The third-order valence-corrected chi connectivity index (χ3v) is 4.21. The molecule has 1 aliphatic rings. The molecule has 0 amide bonds. The van der Waals surface area contributed by atoms with Crippen LogP contribution in [0.2, 0.25) is 0 Å². The molecule has 2 aromatic rings. The van der Waals surface area contributed by atoms with E-state index in [-0.39, 0.29) is 11.5 Å². The lowest BCUT2D eigenvalue weighted by Crippen LogP contribution is -2.24. The fraction of sp³-hybridized carbons (Fsp3) is 0.238. The van der Waals surface area contributed by atoms with Gasteiger partial charge in [-0.05, 0) is 37.3 Å². The minimum absolute atomic E-state index is 0.164. The fourth-order valence-corrected chi connectivity index (χ4v) is 2.74. The van der Waals surface area contributed by atoms with Gasteiger partial charge in [-0.2, -0.15) is 0 Å². The minimum atomic E-state index is -0.779. The summed E-state index contributed by atoms with van der Waals surface area (Å²) in [5.41, 5.74) is 1.09. The molecule has 1 heterocycles. The van der Waals surface area contributed by atoms with E-state index in [4.69, 9.17) is 18.9 Å². The van der Waals surface area contributed by atoms with Gasteiger partial charge in [-0.15, -0.1) is 0 Å². The zero-order chi connectivity index (χ0) is 20.3. The topological polar surface area (TPSA) is 80.3 Å². The van der Waals surface area contributed by atoms with E-state index in [1.54, 1.807) is 56.5 Å². The Morgan fingerprint density at radius 2 is 1.79 bits per heavy atom. The smallest absolute Gasteiger partial charge is 0.346 e. The van der Waals surface area contributed by atoms with Crippen LogP contribution in [0.1, 0.15) is 22.8 Å². The quantitative estimate of drug-likeness (QED) is 0.559. The lowest BCUT2D eigenvalue weighted by atomic mass is 10.1. The van der Waals surface area contributed by atoms with Crippen LogP contribution in [0.4, 0.5) is 0 Å². The SMILES string of the molecule is COC(=O)[C@H](C)Oc1ccc2c(c1)OC(=Cc1ccc(OC)cc1OC)C2=O. The first-order valence-electron chi connectivity index (χ1n) is 8.51. The van der Waals surface area contributed by atoms with Crippen LogP contribution in [-0.2, 0) is 9.53 Å². The molecule has 0 fully saturated rings. The Hall–Kier alpha value is -3.48. The summed E-state index contributed by atoms with van der Waals surface area (Å²) in [4.78, 5) is 24.1. The molecule has 0 saturated carbocycles. The molecule has 146 valence electrons. The van der Waals surface area contributed by atoms with Crippen LogP contribution in [0.25, 0.3) is 6.08 Å². The standard InChI is InChI=1S/C21H20O7/c1-12(21(23)26-4)27-15-7-8-16-18(11-15)28-19(20(16)22)9-13-5-6-14(24-2)10-17(13)25-3/h5-12H,1-4H3/t12-/m0/s1. The molecule has 1 atom stereocenters. The number of benzene rings is 2. The number of hydrogen-bond donors (Lipinski definition) is 0. The second-order valence-corrected chi connectivity index (χ2v) is 5.99. The first-order valence-corrected chi connectivity index (χ1v) is 8.51. The molecule has 0 bridgehead atoms. The highest BCUT2D eigenvalue weighted by Gasteiger charge is 2.28. The van der Waals surface area contributed by atoms with Crippen molar-refractivity contribution >= 4 is 17.8 Å². The summed E-state index contributed by atoms with van der Waals surface area (Å²) in [5.74, 6) is 1.37. The van der Waals surface area contributed by atoms with Gasteiger partial charge in [-0.25, -0.2) is 4.79 Å². The zero-order valence-corrected chi connectivity index (χ0v) is 16.0. The number of ketones is 1. The van der Waals surface area contributed by atoms with Crippen LogP contribution >= 0.6 is 0 Å². The first kappa shape index (κ1) is 19.3. The molecule has 0 saturated heterocycles. The van der Waals surface area contributed by atoms with Gasteiger partial charge in [0.25, 0.3) is 0 Å². The molecule has 0 aliphatic carbocycles. The molecule has 1 aliphatic heterocycles. The molecule has 0 spiro atoms. The van der Waals surface area contributed by atoms with Crippen molar-refractivity contribution in [2.45, 2.75) is 13.0 Å². The number of methoxy groups -OCH3 is 3. The van der Waals surface area contributed by atoms with Gasteiger partial charge in [0.05, 0.1) is 26.9 Å². The van der Waals surface area contributed by atoms with E-state index < -0.39 is 12.1 Å². The van der Waals surface area contributed by atoms with Crippen molar-refractivity contribution in [1.29, 1.82) is 0 Å². The van der Waals surface area contributed by atoms with E-state index in [0.29, 0.717) is 34.1 Å². The number of esters is 1. The maximum Gasteiger partial charge on any atom is 0.346 e. The van der Waals surface area contributed by atoms with Gasteiger partial charge in [0.1, 0.15) is 23.0 Å². The van der Waals surface area contributed by atoms with Gasteiger partial charge in [-0.1, -0.05) is 0 Å². The van der Waals surface area contributed by atoms with E-state index in [1.807, 2.05) is 0 Å². The molecule has 3 rings (SSSR count). The predicted molar refractivity (Wildman–Crippen MR) is 101 cm³/mol. The number of carbonyl (C=O) groups is 2. The van der Waals surface area contributed by atoms with Crippen molar-refractivity contribution in [2.24, 2.45) is 0 Å². The molecular weight excluding hydrogens is 364 g/mol. The van der Waals surface area contributed by atoms with Crippen LogP contribution in [0, 0.1) is 0 Å². The highest BCUT2D eigenvalue weighted by molar-refractivity contribution is 6.14. The molecule has 7 heteroatoms. The minimum Gasteiger partial charge on any atom is -0.497 e. The second kappa shape index (κ2) is 8.04. The Kier molecular flexibility index (Phi) is 5.54. The van der Waals surface area contributed by atoms with Crippen LogP contribution in [0.15, 0.2) is 42.2 Å². The average Bonchev–Trinajstić information content (AvgIpc) is 3.02. The normalized spacial score (nSPS) is 14.9. The Morgan fingerprint density at radius 3 is 2.46 bits per heavy atom. The van der Waals surface area contributed by atoms with Gasteiger partial charge in [-0.3, -0.25) is 4.79 Å². The fourth-order valence-electron chi connectivity index (χ4n) is 2.74. The highest BCUT2D eigenvalue weighted by Crippen LogP contribution is 2.36. The van der Waals surface area contributed by atoms with Crippen molar-refractivity contribution in [3.8, 4) is 23.0 Å². The van der Waals surface area contributed by atoms with Crippen LogP contribution in [0.3, 0.4) is 0 Å². The van der Waals surface area contributed by atoms with Crippen molar-refractivity contribution < 1.29 is 33.3 Å². The molecule has 0 unspecified atom stereocenters. The summed E-state index contributed by atoms with van der Waals surface area (Å²) in [6, 6.07) is 10.0. The van der Waals surface area contributed by atoms with E-state index in [9.17, 15) is 9.59 Å². The van der Waals surface area contributed by atoms with E-state index in [2.05, 4.69) is 4.74 Å². The number of allylic oxidation sites excluding steroid dienone is 1. The third kappa shape index (κ3) is 3.78. The van der Waals surface area contributed by atoms with Crippen LogP contribution in [0.5, 0.6) is 23.0 Å². The number of fused-ring (bicyclic) bond motifs is 1. The van der Waals surface area contributed by atoms with Gasteiger partial charge < -0.3 is 23.7 Å². The summed E-state index contributed by atoms with van der Waals surface area (Å²) in [6.07, 6.45) is 0.830. The van der Waals surface area contributed by atoms with Gasteiger partial charge >= 0.3 is 5.97 Å². The first-order chi connectivity index (χ1) is 13.5.